The lowest BCUT2D eigenvalue weighted by Crippen LogP contribution is -2.30. The molecule has 0 aliphatic carbocycles. The van der Waals surface area contributed by atoms with E-state index in [0.29, 0.717) is 16.7 Å². The molecule has 0 saturated carbocycles. The molecule has 0 N–H and O–H groups in total. The van der Waals surface area contributed by atoms with Gasteiger partial charge in [-0.25, -0.2) is 0 Å². The molecule has 0 amide bonds. The average Bonchev–Trinajstić information content (AvgIpc) is 2.52. The fraction of sp³-hybridized carbons (Fsp3) is 0.368. The van der Waals surface area contributed by atoms with Crippen molar-refractivity contribution in [1.82, 2.24) is 0 Å². The van der Waals surface area contributed by atoms with E-state index in [2.05, 4.69) is 85.7 Å². The van der Waals surface area contributed by atoms with E-state index in [1.54, 1.807) is 0 Å². The van der Waals surface area contributed by atoms with Crippen molar-refractivity contribution in [2.45, 2.75) is 31.7 Å². The predicted molar refractivity (Wildman–Crippen MR) is 95.3 cm³/mol. The molecule has 2 rings (SSSR count). The predicted octanol–water partition coefficient (Wildman–Crippen LogP) is 5.83. The van der Waals surface area contributed by atoms with Crippen LogP contribution < -0.4 is 4.74 Å². The molecule has 0 aliphatic rings. The molecule has 21 heavy (non-hydrogen) atoms. The van der Waals surface area contributed by atoms with E-state index in [-0.39, 0.29) is 6.10 Å². The number of rotatable bonds is 6. The van der Waals surface area contributed by atoms with Crippen LogP contribution in [0.4, 0.5) is 0 Å². The van der Waals surface area contributed by atoms with E-state index in [1.165, 1.54) is 10.8 Å². The molecule has 0 radical (unpaired) electrons. The van der Waals surface area contributed by atoms with Gasteiger partial charge in [-0.15, -0.1) is 6.58 Å². The zero-order valence-electron chi connectivity index (χ0n) is 12.9. The zero-order chi connectivity index (χ0) is 15.4. The molecule has 0 heterocycles. The van der Waals surface area contributed by atoms with Crippen LogP contribution in [0.5, 0.6) is 5.75 Å². The van der Waals surface area contributed by atoms with Gasteiger partial charge >= 0.3 is 0 Å². The monoisotopic (exact) mass is 346 g/mol. The average molecular weight is 347 g/mol. The van der Waals surface area contributed by atoms with Crippen molar-refractivity contribution < 1.29 is 4.74 Å². The minimum Gasteiger partial charge on any atom is -0.490 e. The highest BCUT2D eigenvalue weighted by molar-refractivity contribution is 9.09. The second kappa shape index (κ2) is 7.13. The lowest BCUT2D eigenvalue weighted by Gasteiger charge is -2.28. The zero-order valence-corrected chi connectivity index (χ0v) is 14.5. The van der Waals surface area contributed by atoms with E-state index in [9.17, 15) is 0 Å². The number of benzene rings is 2. The molecule has 0 aliphatic heterocycles. The van der Waals surface area contributed by atoms with Crippen LogP contribution in [0, 0.1) is 11.8 Å². The summed E-state index contributed by atoms with van der Waals surface area (Å²) in [5.74, 6) is 1.83. The largest absolute Gasteiger partial charge is 0.490 e. The van der Waals surface area contributed by atoms with Gasteiger partial charge in [-0.3, -0.25) is 0 Å². The van der Waals surface area contributed by atoms with Crippen LogP contribution in [-0.4, -0.2) is 10.9 Å². The Morgan fingerprint density at radius 2 is 1.67 bits per heavy atom. The molecule has 2 heteroatoms. The summed E-state index contributed by atoms with van der Waals surface area (Å²) < 4.78 is 6.14. The Morgan fingerprint density at radius 1 is 1.00 bits per heavy atom. The van der Waals surface area contributed by atoms with E-state index in [1.807, 2.05) is 6.08 Å². The van der Waals surface area contributed by atoms with Gasteiger partial charge in [-0.05, 0) is 41.7 Å². The van der Waals surface area contributed by atoms with Crippen molar-refractivity contribution in [2.75, 3.05) is 0 Å². The first-order chi connectivity index (χ1) is 10.0. The van der Waals surface area contributed by atoms with Crippen LogP contribution >= 0.6 is 15.9 Å². The summed E-state index contributed by atoms with van der Waals surface area (Å²) in [7, 11) is 0. The van der Waals surface area contributed by atoms with Gasteiger partial charge < -0.3 is 4.74 Å². The number of hydrogen-bond acceptors (Lipinski definition) is 1. The quantitative estimate of drug-likeness (QED) is 0.472. The van der Waals surface area contributed by atoms with Crippen molar-refractivity contribution >= 4 is 26.7 Å². The minimum absolute atomic E-state index is 0.154. The third-order valence-electron chi connectivity index (χ3n) is 4.34. The molecule has 0 bridgehead atoms. The smallest absolute Gasteiger partial charge is 0.120 e. The topological polar surface area (TPSA) is 9.23 Å². The van der Waals surface area contributed by atoms with Crippen LogP contribution in [0.1, 0.15) is 20.8 Å². The maximum absolute atomic E-state index is 6.14. The second-order valence-electron chi connectivity index (χ2n) is 5.73. The Labute approximate surface area is 136 Å². The molecule has 4 atom stereocenters. The lowest BCUT2D eigenvalue weighted by atomic mass is 9.89. The van der Waals surface area contributed by atoms with Gasteiger partial charge in [0.15, 0.2) is 0 Å². The molecular formula is C19H23BrO. The van der Waals surface area contributed by atoms with Crippen LogP contribution in [0.3, 0.4) is 0 Å². The summed E-state index contributed by atoms with van der Waals surface area (Å²) in [5.41, 5.74) is 0. The van der Waals surface area contributed by atoms with Gasteiger partial charge in [0.1, 0.15) is 5.75 Å². The van der Waals surface area contributed by atoms with E-state index < -0.39 is 0 Å². The van der Waals surface area contributed by atoms with Crippen molar-refractivity contribution in [1.29, 1.82) is 0 Å². The molecule has 0 saturated heterocycles. The van der Waals surface area contributed by atoms with Gasteiger partial charge in [0.25, 0.3) is 0 Å². The molecule has 0 spiro atoms. The summed E-state index contributed by atoms with van der Waals surface area (Å²) in [6.45, 7) is 10.5. The first-order valence-corrected chi connectivity index (χ1v) is 8.36. The summed E-state index contributed by atoms with van der Waals surface area (Å²) in [4.78, 5) is 0.315. The Morgan fingerprint density at radius 3 is 2.33 bits per heavy atom. The van der Waals surface area contributed by atoms with Gasteiger partial charge in [0.2, 0.25) is 0 Å². The molecular weight excluding hydrogens is 324 g/mol. The maximum Gasteiger partial charge on any atom is 0.120 e. The van der Waals surface area contributed by atoms with Gasteiger partial charge in [0.05, 0.1) is 6.10 Å². The number of alkyl halides is 1. The van der Waals surface area contributed by atoms with E-state index in [4.69, 9.17) is 4.74 Å². The third-order valence-corrected chi connectivity index (χ3v) is 5.55. The highest BCUT2D eigenvalue weighted by atomic mass is 79.9. The Bertz CT molecular complexity index is 607. The lowest BCUT2D eigenvalue weighted by molar-refractivity contribution is 0.130. The highest BCUT2D eigenvalue weighted by Gasteiger charge is 2.24. The normalized spacial score (nSPS) is 17.0. The van der Waals surface area contributed by atoms with Gasteiger partial charge in [0, 0.05) is 4.83 Å². The molecule has 2 aromatic carbocycles. The Kier molecular flexibility index (Phi) is 5.46. The Hall–Kier alpha value is -1.28. The summed E-state index contributed by atoms with van der Waals surface area (Å²) in [5, 5.41) is 2.46. The molecule has 1 nitrogen and oxygen atoms in total. The molecule has 2 aromatic rings. The number of ether oxygens (including phenoxy) is 1. The number of halogens is 1. The minimum atomic E-state index is 0.154. The van der Waals surface area contributed by atoms with Gasteiger partial charge in [-0.1, -0.05) is 66.2 Å². The third kappa shape index (κ3) is 3.88. The fourth-order valence-corrected chi connectivity index (χ4v) is 2.98. The Balaban J connectivity index is 2.10. The van der Waals surface area contributed by atoms with Crippen molar-refractivity contribution in [3.63, 3.8) is 0 Å². The van der Waals surface area contributed by atoms with Crippen LogP contribution in [-0.2, 0) is 0 Å². The van der Waals surface area contributed by atoms with Crippen molar-refractivity contribution in [2.24, 2.45) is 11.8 Å². The molecule has 1 unspecified atom stereocenters. The number of fused-ring (bicyclic) bond motifs is 1. The molecule has 0 fully saturated rings. The first-order valence-electron chi connectivity index (χ1n) is 7.45. The fourth-order valence-electron chi connectivity index (χ4n) is 2.49. The highest BCUT2D eigenvalue weighted by Crippen LogP contribution is 2.28. The SMILES string of the molecule is C=CC(Br)[C@@H](C)[C@@H](C)[C@H](C)Oc1ccc2ccccc2c1. The van der Waals surface area contributed by atoms with Crippen LogP contribution in [0.25, 0.3) is 10.8 Å². The standard InChI is InChI=1S/C19H23BrO/c1-5-19(20)14(3)13(2)15(4)21-18-11-10-16-8-6-7-9-17(16)12-18/h5-15,19H,1H2,2-4H3/t13-,14+,15+,19?/m1/s1. The maximum atomic E-state index is 6.14. The number of allylic oxidation sites excluding steroid dienone is 1. The first kappa shape index (κ1) is 16.1. The van der Waals surface area contributed by atoms with E-state index >= 15 is 0 Å². The summed E-state index contributed by atoms with van der Waals surface area (Å²) >= 11 is 3.66. The van der Waals surface area contributed by atoms with Crippen LogP contribution in [0.15, 0.2) is 55.1 Å². The van der Waals surface area contributed by atoms with Gasteiger partial charge in [-0.2, -0.15) is 0 Å². The summed E-state index contributed by atoms with van der Waals surface area (Å²) in [6.07, 6.45) is 2.10. The second-order valence-corrected chi connectivity index (χ2v) is 6.79. The number of hydrogen-bond donors (Lipinski definition) is 0. The molecule has 112 valence electrons. The van der Waals surface area contributed by atoms with Crippen molar-refractivity contribution in [3.05, 3.63) is 55.1 Å². The summed E-state index contributed by atoms with van der Waals surface area (Å²) in [6, 6.07) is 14.6. The van der Waals surface area contributed by atoms with Crippen molar-refractivity contribution in [3.8, 4) is 5.75 Å². The molecule has 0 aromatic heterocycles. The van der Waals surface area contributed by atoms with Crippen LogP contribution in [0.2, 0.25) is 0 Å². The van der Waals surface area contributed by atoms with E-state index in [0.717, 1.165) is 5.75 Å².